The van der Waals surface area contributed by atoms with Crippen molar-refractivity contribution >= 4 is 40.0 Å². The highest BCUT2D eigenvalue weighted by Gasteiger charge is 2.11. The van der Waals surface area contributed by atoms with Gasteiger partial charge in [0.2, 0.25) is 10.0 Å². The van der Waals surface area contributed by atoms with Gasteiger partial charge >= 0.3 is 0 Å². The van der Waals surface area contributed by atoms with Gasteiger partial charge in [-0.2, -0.15) is 0 Å². The van der Waals surface area contributed by atoms with Crippen LogP contribution in [-0.2, 0) is 16.6 Å². The molecule has 0 heterocycles. The van der Waals surface area contributed by atoms with Gasteiger partial charge in [0.15, 0.2) is 5.96 Å². The normalized spacial score (nSPS) is 12.0. The summed E-state index contributed by atoms with van der Waals surface area (Å²) >= 11 is 0. The van der Waals surface area contributed by atoms with Crippen molar-refractivity contribution in [2.45, 2.75) is 38.1 Å². The number of halogens is 1. The maximum Gasteiger partial charge on any atom is 0.240 e. The standard InChI is InChI=1S/C16H28N4O2S.HI/c1-13(2)7-6-10-19-16(17-3)20-12-14-8-5-9-15(11-14)23(21,22)18-4;/h5,8-9,11,13,18H,6-7,10,12H2,1-4H3,(H2,17,19,20);1H. The molecule has 0 saturated carbocycles. The molecule has 138 valence electrons. The van der Waals surface area contributed by atoms with Crippen molar-refractivity contribution in [2.75, 3.05) is 20.6 Å². The highest BCUT2D eigenvalue weighted by Crippen LogP contribution is 2.10. The lowest BCUT2D eigenvalue weighted by Gasteiger charge is -2.13. The van der Waals surface area contributed by atoms with E-state index in [-0.39, 0.29) is 28.9 Å². The zero-order valence-electron chi connectivity index (χ0n) is 14.8. The first kappa shape index (κ1) is 23.1. The second kappa shape index (κ2) is 11.6. The number of sulfonamides is 1. The molecule has 24 heavy (non-hydrogen) atoms. The predicted octanol–water partition coefficient (Wildman–Crippen LogP) is 2.31. The third kappa shape index (κ3) is 8.29. The van der Waals surface area contributed by atoms with Gasteiger partial charge in [-0.05, 0) is 43.5 Å². The number of nitrogens with one attached hydrogen (secondary N) is 3. The highest BCUT2D eigenvalue weighted by molar-refractivity contribution is 14.0. The van der Waals surface area contributed by atoms with Crippen LogP contribution in [0.5, 0.6) is 0 Å². The molecule has 6 nitrogen and oxygen atoms in total. The van der Waals surface area contributed by atoms with Crippen LogP contribution in [0.2, 0.25) is 0 Å². The molecule has 0 amide bonds. The van der Waals surface area contributed by atoms with Gasteiger partial charge < -0.3 is 10.6 Å². The molecule has 0 aromatic heterocycles. The van der Waals surface area contributed by atoms with Crippen molar-refractivity contribution in [1.29, 1.82) is 0 Å². The Morgan fingerprint density at radius 3 is 2.54 bits per heavy atom. The van der Waals surface area contributed by atoms with Crippen LogP contribution in [0.1, 0.15) is 32.3 Å². The summed E-state index contributed by atoms with van der Waals surface area (Å²) in [6.45, 7) is 5.79. The van der Waals surface area contributed by atoms with Crippen LogP contribution in [0.3, 0.4) is 0 Å². The molecule has 0 aliphatic rings. The monoisotopic (exact) mass is 468 g/mol. The lowest BCUT2D eigenvalue weighted by molar-refractivity contribution is 0.549. The van der Waals surface area contributed by atoms with E-state index in [2.05, 4.69) is 34.2 Å². The molecule has 0 fully saturated rings. The van der Waals surface area contributed by atoms with Crippen molar-refractivity contribution in [3.63, 3.8) is 0 Å². The Morgan fingerprint density at radius 1 is 1.25 bits per heavy atom. The number of aliphatic imine (C=N–C) groups is 1. The second-order valence-electron chi connectivity index (χ2n) is 5.74. The summed E-state index contributed by atoms with van der Waals surface area (Å²) in [6, 6.07) is 6.85. The Balaban J connectivity index is 0.00000529. The van der Waals surface area contributed by atoms with Crippen LogP contribution < -0.4 is 15.4 Å². The number of benzene rings is 1. The van der Waals surface area contributed by atoms with E-state index in [1.807, 2.05) is 6.07 Å². The molecule has 3 N–H and O–H groups in total. The Hall–Kier alpha value is -0.870. The molecule has 0 radical (unpaired) electrons. The summed E-state index contributed by atoms with van der Waals surface area (Å²) in [5.41, 5.74) is 0.881. The van der Waals surface area contributed by atoms with Gasteiger partial charge in [-0.25, -0.2) is 13.1 Å². The maximum absolute atomic E-state index is 11.8. The first-order valence-corrected chi connectivity index (χ1v) is 9.34. The Bertz CT molecular complexity index is 618. The first-order chi connectivity index (χ1) is 10.9. The lowest BCUT2D eigenvalue weighted by Crippen LogP contribution is -2.37. The van der Waals surface area contributed by atoms with E-state index in [1.165, 1.54) is 13.5 Å². The fourth-order valence-electron chi connectivity index (χ4n) is 2.06. The second-order valence-corrected chi connectivity index (χ2v) is 7.63. The van der Waals surface area contributed by atoms with Gasteiger partial charge in [-0.15, -0.1) is 24.0 Å². The molecule has 1 rings (SSSR count). The average Bonchev–Trinajstić information content (AvgIpc) is 2.54. The summed E-state index contributed by atoms with van der Waals surface area (Å²) in [5.74, 6) is 1.42. The zero-order valence-corrected chi connectivity index (χ0v) is 17.9. The van der Waals surface area contributed by atoms with Crippen molar-refractivity contribution in [3.8, 4) is 0 Å². The number of hydrogen-bond donors (Lipinski definition) is 3. The summed E-state index contributed by atoms with van der Waals surface area (Å²) < 4.78 is 25.9. The Labute approximate surface area is 163 Å². The third-order valence-electron chi connectivity index (χ3n) is 3.41. The number of guanidine groups is 1. The minimum atomic E-state index is -3.41. The number of hydrogen-bond acceptors (Lipinski definition) is 3. The van der Waals surface area contributed by atoms with Gasteiger partial charge in [0, 0.05) is 20.1 Å². The molecule has 0 atom stereocenters. The van der Waals surface area contributed by atoms with Gasteiger partial charge in [-0.3, -0.25) is 4.99 Å². The van der Waals surface area contributed by atoms with Crippen LogP contribution in [0.25, 0.3) is 0 Å². The van der Waals surface area contributed by atoms with Crippen LogP contribution in [0.15, 0.2) is 34.2 Å². The highest BCUT2D eigenvalue weighted by atomic mass is 127. The summed E-state index contributed by atoms with van der Waals surface area (Å²) in [4.78, 5) is 4.43. The minimum Gasteiger partial charge on any atom is -0.356 e. The van der Waals surface area contributed by atoms with Crippen molar-refractivity contribution < 1.29 is 8.42 Å². The SMILES string of the molecule is CN=C(NCCCC(C)C)NCc1cccc(S(=O)(=O)NC)c1.I. The van der Waals surface area contributed by atoms with Gasteiger partial charge in [0.1, 0.15) is 0 Å². The van der Waals surface area contributed by atoms with E-state index in [4.69, 9.17) is 0 Å². The molecule has 8 heteroatoms. The Kier molecular flexibility index (Phi) is 11.2. The molecular formula is C16H29IN4O2S. The quantitative estimate of drug-likeness (QED) is 0.237. The molecule has 0 bridgehead atoms. The topological polar surface area (TPSA) is 82.6 Å². The van der Waals surface area contributed by atoms with Crippen LogP contribution in [-0.4, -0.2) is 35.0 Å². The zero-order chi connectivity index (χ0) is 17.3. The summed E-state index contributed by atoms with van der Waals surface area (Å²) in [7, 11) is -0.286. The molecule has 0 aliphatic carbocycles. The van der Waals surface area contributed by atoms with Crippen LogP contribution in [0, 0.1) is 5.92 Å². The van der Waals surface area contributed by atoms with Crippen LogP contribution in [0.4, 0.5) is 0 Å². The fraction of sp³-hybridized carbons (Fsp3) is 0.562. The van der Waals surface area contributed by atoms with Crippen molar-refractivity contribution in [3.05, 3.63) is 29.8 Å². The lowest BCUT2D eigenvalue weighted by atomic mass is 10.1. The van der Waals surface area contributed by atoms with E-state index in [0.29, 0.717) is 12.5 Å². The fourth-order valence-corrected chi connectivity index (χ4v) is 2.86. The Morgan fingerprint density at radius 2 is 1.96 bits per heavy atom. The van der Waals surface area contributed by atoms with E-state index >= 15 is 0 Å². The van der Waals surface area contributed by atoms with Gasteiger partial charge in [0.25, 0.3) is 0 Å². The van der Waals surface area contributed by atoms with Crippen molar-refractivity contribution in [2.24, 2.45) is 10.9 Å². The van der Waals surface area contributed by atoms with Gasteiger partial charge in [0.05, 0.1) is 4.90 Å². The van der Waals surface area contributed by atoms with E-state index in [1.54, 1.807) is 25.2 Å². The molecule has 0 saturated heterocycles. The first-order valence-electron chi connectivity index (χ1n) is 7.86. The van der Waals surface area contributed by atoms with Crippen LogP contribution >= 0.6 is 24.0 Å². The van der Waals surface area contributed by atoms with E-state index < -0.39 is 10.0 Å². The third-order valence-corrected chi connectivity index (χ3v) is 4.82. The molecule has 0 spiro atoms. The van der Waals surface area contributed by atoms with Crippen molar-refractivity contribution in [1.82, 2.24) is 15.4 Å². The predicted molar refractivity (Wildman–Crippen MR) is 110 cm³/mol. The summed E-state index contributed by atoms with van der Waals surface area (Å²) in [6.07, 6.45) is 2.27. The summed E-state index contributed by atoms with van der Waals surface area (Å²) in [5, 5.41) is 6.45. The largest absolute Gasteiger partial charge is 0.356 e. The minimum absolute atomic E-state index is 0. The molecule has 1 aromatic carbocycles. The van der Waals surface area contributed by atoms with Gasteiger partial charge in [-0.1, -0.05) is 26.0 Å². The molecule has 0 unspecified atom stereocenters. The average molecular weight is 468 g/mol. The molecule has 1 aromatic rings. The number of rotatable bonds is 8. The number of nitrogens with zero attached hydrogens (tertiary/aromatic N) is 1. The smallest absolute Gasteiger partial charge is 0.240 e. The van der Waals surface area contributed by atoms with E-state index in [9.17, 15) is 8.42 Å². The molecular weight excluding hydrogens is 439 g/mol. The van der Waals surface area contributed by atoms with E-state index in [0.717, 1.165) is 24.5 Å². The molecule has 0 aliphatic heterocycles. The maximum atomic E-state index is 11.8.